The highest BCUT2D eigenvalue weighted by molar-refractivity contribution is 6.30. The summed E-state index contributed by atoms with van der Waals surface area (Å²) in [5.74, 6) is -0.171. The van der Waals surface area contributed by atoms with Crippen molar-refractivity contribution >= 4 is 23.3 Å². The van der Waals surface area contributed by atoms with Crippen molar-refractivity contribution in [3.63, 3.8) is 0 Å². The minimum atomic E-state index is -0.515. The molecule has 0 saturated carbocycles. The molecular weight excluding hydrogens is 282 g/mol. The summed E-state index contributed by atoms with van der Waals surface area (Å²) in [5.41, 5.74) is 0.726. The summed E-state index contributed by atoms with van der Waals surface area (Å²) in [7, 11) is 0. The maximum Gasteiger partial charge on any atom is 0.315 e. The van der Waals surface area contributed by atoms with Crippen molar-refractivity contribution in [1.82, 2.24) is 0 Å². The van der Waals surface area contributed by atoms with Crippen molar-refractivity contribution in [2.75, 3.05) is 0 Å². The molecular formula is C14H10ClNO4. The Bertz CT molecular complexity index is 623. The van der Waals surface area contributed by atoms with Crippen LogP contribution in [0.3, 0.4) is 0 Å². The molecule has 0 aliphatic carbocycles. The predicted octanol–water partition coefficient (Wildman–Crippen LogP) is 3.40. The second-order valence-electron chi connectivity index (χ2n) is 4.03. The number of carbonyl (C=O) groups is 1. The largest absolute Gasteiger partial charge is 0.426 e. The summed E-state index contributed by atoms with van der Waals surface area (Å²) in [5, 5.41) is 11.1. The number of rotatable bonds is 4. The number of carbonyl (C=O) groups excluding carboxylic acids is 1. The summed E-state index contributed by atoms with van der Waals surface area (Å²) in [4.78, 5) is 21.7. The Morgan fingerprint density at radius 1 is 1.10 bits per heavy atom. The first kappa shape index (κ1) is 14.0. The van der Waals surface area contributed by atoms with E-state index in [4.69, 9.17) is 16.3 Å². The minimum Gasteiger partial charge on any atom is -0.426 e. The normalized spacial score (nSPS) is 10.1. The molecule has 0 aliphatic rings. The highest BCUT2D eigenvalue weighted by atomic mass is 35.5. The van der Waals surface area contributed by atoms with Crippen molar-refractivity contribution in [1.29, 1.82) is 0 Å². The van der Waals surface area contributed by atoms with Gasteiger partial charge >= 0.3 is 5.97 Å². The second-order valence-corrected chi connectivity index (χ2v) is 4.46. The van der Waals surface area contributed by atoms with Crippen LogP contribution in [0.4, 0.5) is 5.69 Å². The third kappa shape index (κ3) is 3.80. The molecule has 2 aromatic rings. The molecule has 0 N–H and O–H groups in total. The average molecular weight is 292 g/mol. The quantitative estimate of drug-likeness (QED) is 0.375. The molecule has 102 valence electrons. The van der Waals surface area contributed by atoms with Gasteiger partial charge in [0.15, 0.2) is 0 Å². The topological polar surface area (TPSA) is 69.4 Å². The molecule has 0 amide bonds. The van der Waals surface area contributed by atoms with Crippen LogP contribution in [-0.4, -0.2) is 10.9 Å². The molecule has 0 unspecified atom stereocenters. The van der Waals surface area contributed by atoms with E-state index >= 15 is 0 Å². The molecule has 0 bridgehead atoms. The highest BCUT2D eigenvalue weighted by Crippen LogP contribution is 2.18. The molecule has 0 fully saturated rings. The van der Waals surface area contributed by atoms with Crippen molar-refractivity contribution in [3.8, 4) is 5.75 Å². The van der Waals surface area contributed by atoms with Gasteiger partial charge < -0.3 is 4.74 Å². The smallest absolute Gasteiger partial charge is 0.315 e. The number of esters is 1. The van der Waals surface area contributed by atoms with Gasteiger partial charge in [-0.1, -0.05) is 23.7 Å². The monoisotopic (exact) mass is 291 g/mol. The molecule has 6 heteroatoms. The Morgan fingerprint density at radius 3 is 2.25 bits per heavy atom. The second kappa shape index (κ2) is 6.16. The molecule has 0 aliphatic heterocycles. The van der Waals surface area contributed by atoms with E-state index in [0.29, 0.717) is 5.02 Å². The standard InChI is InChI=1S/C14H10ClNO4/c15-11-3-1-10(2-4-11)9-14(17)20-13-7-5-12(6-8-13)16(18)19/h1-8H,9H2. The number of benzene rings is 2. The first-order valence-corrected chi connectivity index (χ1v) is 6.12. The molecule has 0 radical (unpaired) electrons. The number of nitro benzene ring substituents is 1. The maximum absolute atomic E-state index is 11.7. The van der Waals surface area contributed by atoms with Crippen LogP contribution in [0.2, 0.25) is 5.02 Å². The van der Waals surface area contributed by atoms with Gasteiger partial charge in [-0.05, 0) is 29.8 Å². The summed E-state index contributed by atoms with van der Waals surface area (Å²) in [6.07, 6.45) is 0.105. The third-order valence-electron chi connectivity index (χ3n) is 2.54. The zero-order valence-electron chi connectivity index (χ0n) is 10.3. The van der Waals surface area contributed by atoms with Gasteiger partial charge in [-0.3, -0.25) is 14.9 Å². The lowest BCUT2D eigenvalue weighted by atomic mass is 10.1. The van der Waals surface area contributed by atoms with Crippen LogP contribution in [0.5, 0.6) is 5.75 Å². The third-order valence-corrected chi connectivity index (χ3v) is 2.79. The lowest BCUT2D eigenvalue weighted by molar-refractivity contribution is -0.384. The zero-order valence-corrected chi connectivity index (χ0v) is 11.0. The Balaban J connectivity index is 1.97. The Labute approximate surface area is 119 Å². The Morgan fingerprint density at radius 2 is 1.70 bits per heavy atom. The summed E-state index contributed by atoms with van der Waals surface area (Å²) in [6.45, 7) is 0. The van der Waals surface area contributed by atoms with Gasteiger partial charge in [0.2, 0.25) is 0 Å². The van der Waals surface area contributed by atoms with Gasteiger partial charge in [-0.2, -0.15) is 0 Å². The maximum atomic E-state index is 11.7. The van der Waals surface area contributed by atoms with E-state index < -0.39 is 10.9 Å². The van der Waals surface area contributed by atoms with Crippen LogP contribution < -0.4 is 4.74 Å². The van der Waals surface area contributed by atoms with Crippen molar-refractivity contribution in [2.45, 2.75) is 6.42 Å². The van der Waals surface area contributed by atoms with Gasteiger partial charge in [-0.15, -0.1) is 0 Å². The van der Waals surface area contributed by atoms with Crippen LogP contribution in [0.1, 0.15) is 5.56 Å². The van der Waals surface area contributed by atoms with E-state index in [9.17, 15) is 14.9 Å². The van der Waals surface area contributed by atoms with Crippen molar-refractivity contribution < 1.29 is 14.5 Å². The van der Waals surface area contributed by atoms with E-state index in [1.165, 1.54) is 24.3 Å². The summed E-state index contributed by atoms with van der Waals surface area (Å²) in [6, 6.07) is 12.2. The van der Waals surface area contributed by atoms with Crippen molar-refractivity contribution in [3.05, 3.63) is 69.2 Å². The molecule has 0 spiro atoms. The van der Waals surface area contributed by atoms with E-state index in [-0.39, 0.29) is 17.9 Å². The lowest BCUT2D eigenvalue weighted by Gasteiger charge is -2.04. The molecule has 5 nitrogen and oxygen atoms in total. The van der Waals surface area contributed by atoms with Gasteiger partial charge in [0.05, 0.1) is 11.3 Å². The molecule has 0 saturated heterocycles. The molecule has 0 atom stereocenters. The number of halogens is 1. The summed E-state index contributed by atoms with van der Waals surface area (Å²) < 4.78 is 5.09. The molecule has 0 heterocycles. The predicted molar refractivity (Wildman–Crippen MR) is 73.9 cm³/mol. The molecule has 2 aromatic carbocycles. The molecule has 20 heavy (non-hydrogen) atoms. The number of nitrogens with zero attached hydrogens (tertiary/aromatic N) is 1. The zero-order chi connectivity index (χ0) is 14.5. The number of non-ortho nitro benzene ring substituents is 1. The van der Waals surface area contributed by atoms with E-state index in [1.54, 1.807) is 24.3 Å². The fraction of sp³-hybridized carbons (Fsp3) is 0.0714. The van der Waals surface area contributed by atoms with E-state index in [2.05, 4.69) is 0 Å². The van der Waals surface area contributed by atoms with E-state index in [0.717, 1.165) is 5.56 Å². The lowest BCUT2D eigenvalue weighted by Crippen LogP contribution is -2.11. The van der Waals surface area contributed by atoms with Gasteiger partial charge in [0, 0.05) is 17.2 Å². The van der Waals surface area contributed by atoms with Crippen LogP contribution in [-0.2, 0) is 11.2 Å². The van der Waals surface area contributed by atoms with Crippen LogP contribution in [0, 0.1) is 10.1 Å². The molecule has 0 aromatic heterocycles. The summed E-state index contributed by atoms with van der Waals surface area (Å²) >= 11 is 5.75. The highest BCUT2D eigenvalue weighted by Gasteiger charge is 2.09. The first-order valence-electron chi connectivity index (χ1n) is 5.74. The Kier molecular flexibility index (Phi) is 4.32. The first-order chi connectivity index (χ1) is 9.54. The minimum absolute atomic E-state index is 0.0532. The molecule has 2 rings (SSSR count). The number of hydrogen-bond donors (Lipinski definition) is 0. The SMILES string of the molecule is O=C(Cc1ccc(Cl)cc1)Oc1ccc([N+](=O)[O-])cc1. The Hall–Kier alpha value is -2.40. The fourth-order valence-corrected chi connectivity index (χ4v) is 1.70. The van der Waals surface area contributed by atoms with Gasteiger partial charge in [0.25, 0.3) is 5.69 Å². The van der Waals surface area contributed by atoms with Crippen molar-refractivity contribution in [2.24, 2.45) is 0 Å². The van der Waals surface area contributed by atoms with Crippen LogP contribution in [0.15, 0.2) is 48.5 Å². The van der Waals surface area contributed by atoms with Crippen LogP contribution in [0.25, 0.3) is 0 Å². The number of nitro groups is 1. The van der Waals surface area contributed by atoms with Gasteiger partial charge in [0.1, 0.15) is 5.75 Å². The number of hydrogen-bond acceptors (Lipinski definition) is 4. The fourth-order valence-electron chi connectivity index (χ4n) is 1.57. The van der Waals surface area contributed by atoms with Gasteiger partial charge in [-0.25, -0.2) is 0 Å². The van der Waals surface area contributed by atoms with E-state index in [1.807, 2.05) is 0 Å². The number of ether oxygens (including phenoxy) is 1. The van der Waals surface area contributed by atoms with Crippen LogP contribution >= 0.6 is 11.6 Å². The average Bonchev–Trinajstić information content (AvgIpc) is 2.42.